The number of nitrogens with zero attached hydrogens (tertiary/aromatic N) is 3. The van der Waals surface area contributed by atoms with Crippen LogP contribution in [-0.2, 0) is 6.42 Å². The number of aliphatic hydroxyl groups excluding tert-OH is 1. The Morgan fingerprint density at radius 1 is 1.30 bits per heavy atom. The van der Waals surface area contributed by atoms with Gasteiger partial charge < -0.3 is 10.4 Å². The molecule has 1 aliphatic carbocycles. The summed E-state index contributed by atoms with van der Waals surface area (Å²) in [5, 5.41) is 12.7. The van der Waals surface area contributed by atoms with Crippen molar-refractivity contribution in [1.82, 2.24) is 15.0 Å². The fourth-order valence-corrected chi connectivity index (χ4v) is 2.40. The van der Waals surface area contributed by atoms with E-state index in [1.807, 2.05) is 18.3 Å². The van der Waals surface area contributed by atoms with E-state index in [0.717, 1.165) is 37.3 Å². The van der Waals surface area contributed by atoms with E-state index >= 15 is 0 Å². The molecular weight excluding hydrogens is 252 g/mol. The van der Waals surface area contributed by atoms with Crippen molar-refractivity contribution in [2.24, 2.45) is 0 Å². The molecule has 0 radical (unpaired) electrons. The quantitative estimate of drug-likeness (QED) is 0.866. The molecule has 1 fully saturated rings. The third-order valence-corrected chi connectivity index (χ3v) is 3.66. The van der Waals surface area contributed by atoms with Gasteiger partial charge in [-0.15, -0.1) is 0 Å². The molecular formula is C15H18N4O. The van der Waals surface area contributed by atoms with Crippen LogP contribution in [0.5, 0.6) is 0 Å². The Kier molecular flexibility index (Phi) is 3.87. The minimum absolute atomic E-state index is 0.156. The molecule has 5 heteroatoms. The van der Waals surface area contributed by atoms with Crippen LogP contribution in [0.4, 0.5) is 5.82 Å². The lowest BCUT2D eigenvalue weighted by atomic mass is 9.80. The molecule has 0 spiro atoms. The van der Waals surface area contributed by atoms with Gasteiger partial charge in [0.15, 0.2) is 0 Å². The molecule has 0 saturated heterocycles. The number of aliphatic hydroxyl groups is 1. The van der Waals surface area contributed by atoms with Gasteiger partial charge >= 0.3 is 0 Å². The van der Waals surface area contributed by atoms with Crippen LogP contribution < -0.4 is 5.32 Å². The van der Waals surface area contributed by atoms with Crippen molar-refractivity contribution in [2.75, 3.05) is 11.9 Å². The number of hydrogen-bond donors (Lipinski definition) is 2. The smallest absolute Gasteiger partial charge is 0.129 e. The largest absolute Gasteiger partial charge is 0.393 e. The minimum atomic E-state index is -0.156. The van der Waals surface area contributed by atoms with E-state index in [2.05, 4.69) is 26.3 Å². The average molecular weight is 270 g/mol. The zero-order chi connectivity index (χ0) is 13.8. The molecule has 0 aliphatic heterocycles. The van der Waals surface area contributed by atoms with Gasteiger partial charge in [-0.25, -0.2) is 9.97 Å². The molecule has 0 amide bonds. The van der Waals surface area contributed by atoms with Crippen molar-refractivity contribution in [3.63, 3.8) is 0 Å². The molecule has 2 aromatic rings. The SMILES string of the molecule is OC1CC(c2cc(NCCc3cccnc3)ncn2)C1. The van der Waals surface area contributed by atoms with E-state index in [1.165, 1.54) is 5.56 Å². The second-order valence-electron chi connectivity index (χ2n) is 5.19. The van der Waals surface area contributed by atoms with Crippen LogP contribution in [0.3, 0.4) is 0 Å². The predicted octanol–water partition coefficient (Wildman–Crippen LogP) is 1.76. The number of rotatable bonds is 5. The van der Waals surface area contributed by atoms with Crippen LogP contribution in [0.25, 0.3) is 0 Å². The summed E-state index contributed by atoms with van der Waals surface area (Å²) in [6.45, 7) is 0.815. The van der Waals surface area contributed by atoms with Crippen LogP contribution in [0.15, 0.2) is 36.9 Å². The maximum atomic E-state index is 9.35. The first kappa shape index (κ1) is 13.0. The van der Waals surface area contributed by atoms with Gasteiger partial charge in [0.25, 0.3) is 0 Å². The summed E-state index contributed by atoms with van der Waals surface area (Å²) >= 11 is 0. The third kappa shape index (κ3) is 3.11. The van der Waals surface area contributed by atoms with Gasteiger partial charge in [-0.1, -0.05) is 6.07 Å². The highest BCUT2D eigenvalue weighted by atomic mass is 16.3. The molecule has 3 rings (SSSR count). The molecule has 20 heavy (non-hydrogen) atoms. The Hall–Kier alpha value is -2.01. The van der Waals surface area contributed by atoms with E-state index in [9.17, 15) is 5.11 Å². The lowest BCUT2D eigenvalue weighted by Crippen LogP contribution is -2.27. The molecule has 0 atom stereocenters. The second kappa shape index (κ2) is 5.96. The molecule has 1 saturated carbocycles. The van der Waals surface area contributed by atoms with Crippen molar-refractivity contribution >= 4 is 5.82 Å². The number of pyridine rings is 1. The standard InChI is InChI=1S/C15H18N4O/c20-13-6-12(7-13)14-8-15(19-10-18-14)17-5-3-11-2-1-4-16-9-11/h1-2,4,8-10,12-13,20H,3,5-7H2,(H,17,18,19). The van der Waals surface area contributed by atoms with Crippen LogP contribution in [-0.4, -0.2) is 32.7 Å². The zero-order valence-corrected chi connectivity index (χ0v) is 11.2. The van der Waals surface area contributed by atoms with Gasteiger partial charge in [0, 0.05) is 36.6 Å². The van der Waals surface area contributed by atoms with Crippen molar-refractivity contribution in [1.29, 1.82) is 0 Å². The summed E-state index contributed by atoms with van der Waals surface area (Å²) in [4.78, 5) is 12.6. The fraction of sp³-hybridized carbons (Fsp3) is 0.400. The first-order valence-electron chi connectivity index (χ1n) is 6.94. The molecule has 2 heterocycles. The van der Waals surface area contributed by atoms with Crippen molar-refractivity contribution in [2.45, 2.75) is 31.3 Å². The third-order valence-electron chi connectivity index (χ3n) is 3.66. The summed E-state index contributed by atoms with van der Waals surface area (Å²) in [5.74, 6) is 1.23. The number of nitrogens with one attached hydrogen (secondary N) is 1. The molecule has 0 aromatic carbocycles. The van der Waals surface area contributed by atoms with Crippen LogP contribution in [0, 0.1) is 0 Å². The highest BCUT2D eigenvalue weighted by molar-refractivity contribution is 5.36. The Bertz CT molecular complexity index is 555. The first-order valence-corrected chi connectivity index (χ1v) is 6.94. The fourth-order valence-electron chi connectivity index (χ4n) is 2.40. The minimum Gasteiger partial charge on any atom is -0.393 e. The zero-order valence-electron chi connectivity index (χ0n) is 11.2. The Morgan fingerprint density at radius 3 is 2.95 bits per heavy atom. The van der Waals surface area contributed by atoms with E-state index in [0.29, 0.717) is 5.92 Å². The molecule has 104 valence electrons. The molecule has 2 aromatic heterocycles. The van der Waals surface area contributed by atoms with E-state index in [4.69, 9.17) is 0 Å². The topological polar surface area (TPSA) is 70.9 Å². The van der Waals surface area contributed by atoms with Gasteiger partial charge in [0.05, 0.1) is 6.10 Å². The number of aromatic nitrogens is 3. The summed E-state index contributed by atoms with van der Waals surface area (Å²) in [6, 6.07) is 6.00. The van der Waals surface area contributed by atoms with Gasteiger partial charge in [0.2, 0.25) is 0 Å². The molecule has 5 nitrogen and oxygen atoms in total. The predicted molar refractivity (Wildman–Crippen MR) is 76.4 cm³/mol. The molecule has 0 unspecified atom stereocenters. The van der Waals surface area contributed by atoms with E-state index in [1.54, 1.807) is 12.5 Å². The first-order chi connectivity index (χ1) is 9.81. The lowest BCUT2D eigenvalue weighted by molar-refractivity contribution is 0.0732. The normalized spacial score (nSPS) is 21.2. The number of hydrogen-bond acceptors (Lipinski definition) is 5. The monoisotopic (exact) mass is 270 g/mol. The van der Waals surface area contributed by atoms with Gasteiger partial charge in [0.1, 0.15) is 12.1 Å². The van der Waals surface area contributed by atoms with Crippen molar-refractivity contribution < 1.29 is 5.11 Å². The van der Waals surface area contributed by atoms with Crippen LogP contribution >= 0.6 is 0 Å². The molecule has 1 aliphatic rings. The summed E-state index contributed by atoms with van der Waals surface area (Å²) in [5.41, 5.74) is 2.23. The van der Waals surface area contributed by atoms with Crippen molar-refractivity contribution in [3.05, 3.63) is 48.2 Å². The van der Waals surface area contributed by atoms with Gasteiger partial charge in [-0.05, 0) is 30.9 Å². The summed E-state index contributed by atoms with van der Waals surface area (Å²) < 4.78 is 0. The van der Waals surface area contributed by atoms with Crippen LogP contribution in [0.1, 0.15) is 30.0 Å². The maximum absolute atomic E-state index is 9.35. The summed E-state index contributed by atoms with van der Waals surface area (Å²) in [6.07, 6.45) is 7.63. The maximum Gasteiger partial charge on any atom is 0.129 e. The highest BCUT2D eigenvalue weighted by Gasteiger charge is 2.29. The van der Waals surface area contributed by atoms with Crippen LogP contribution in [0.2, 0.25) is 0 Å². The second-order valence-corrected chi connectivity index (χ2v) is 5.19. The van der Waals surface area contributed by atoms with E-state index in [-0.39, 0.29) is 6.10 Å². The molecule has 2 N–H and O–H groups in total. The average Bonchev–Trinajstić information content (AvgIpc) is 2.45. The Morgan fingerprint density at radius 2 is 2.20 bits per heavy atom. The number of anilines is 1. The Labute approximate surface area is 118 Å². The van der Waals surface area contributed by atoms with Crippen molar-refractivity contribution in [3.8, 4) is 0 Å². The summed E-state index contributed by atoms with van der Waals surface area (Å²) in [7, 11) is 0. The van der Waals surface area contributed by atoms with Gasteiger partial charge in [-0.3, -0.25) is 4.98 Å². The van der Waals surface area contributed by atoms with E-state index < -0.39 is 0 Å². The molecule has 0 bridgehead atoms. The lowest BCUT2D eigenvalue weighted by Gasteiger charge is -2.30. The Balaban J connectivity index is 1.54. The van der Waals surface area contributed by atoms with Gasteiger partial charge in [-0.2, -0.15) is 0 Å². The highest BCUT2D eigenvalue weighted by Crippen LogP contribution is 2.35.